The van der Waals surface area contributed by atoms with Crippen molar-refractivity contribution in [3.8, 4) is 0 Å². The zero-order chi connectivity index (χ0) is 16.8. The third kappa shape index (κ3) is 4.72. The Bertz CT molecular complexity index is 645. The van der Waals surface area contributed by atoms with E-state index in [0.717, 1.165) is 56.6 Å². The highest BCUT2D eigenvalue weighted by atomic mass is 35.5. The van der Waals surface area contributed by atoms with Crippen molar-refractivity contribution in [2.24, 2.45) is 0 Å². The predicted octanol–water partition coefficient (Wildman–Crippen LogP) is 3.41. The SMILES string of the molecule is Fc1ccc(CN(Cc2cncnc2)[C@@H]2CCCNCC2)cc1Cl. The van der Waals surface area contributed by atoms with Crippen LogP contribution in [0.3, 0.4) is 0 Å². The molecule has 1 saturated heterocycles. The van der Waals surface area contributed by atoms with Crippen molar-refractivity contribution >= 4 is 11.6 Å². The number of rotatable bonds is 5. The third-order valence-electron chi connectivity index (χ3n) is 4.43. The summed E-state index contributed by atoms with van der Waals surface area (Å²) in [6.07, 6.45) is 8.66. The van der Waals surface area contributed by atoms with Gasteiger partial charge in [-0.3, -0.25) is 4.90 Å². The molecule has 0 aliphatic carbocycles. The molecule has 2 aromatic rings. The van der Waals surface area contributed by atoms with Gasteiger partial charge in [0.25, 0.3) is 0 Å². The Kier molecular flexibility index (Phi) is 6.12. The van der Waals surface area contributed by atoms with Crippen LogP contribution >= 0.6 is 11.6 Å². The van der Waals surface area contributed by atoms with Gasteiger partial charge in [0, 0.05) is 37.1 Å². The minimum atomic E-state index is -0.373. The first-order valence-electron chi connectivity index (χ1n) is 8.35. The average molecular weight is 349 g/mol. The lowest BCUT2D eigenvalue weighted by molar-refractivity contribution is 0.164. The summed E-state index contributed by atoms with van der Waals surface area (Å²) >= 11 is 5.95. The van der Waals surface area contributed by atoms with Crippen LogP contribution in [0.15, 0.2) is 36.9 Å². The van der Waals surface area contributed by atoms with E-state index in [0.29, 0.717) is 6.04 Å². The first-order chi connectivity index (χ1) is 11.7. The highest BCUT2D eigenvalue weighted by molar-refractivity contribution is 6.30. The number of halogens is 2. The Labute approximate surface area is 147 Å². The van der Waals surface area contributed by atoms with Gasteiger partial charge in [-0.2, -0.15) is 0 Å². The Morgan fingerprint density at radius 2 is 1.92 bits per heavy atom. The number of nitrogens with zero attached hydrogens (tertiary/aromatic N) is 3. The van der Waals surface area contributed by atoms with Gasteiger partial charge in [0.2, 0.25) is 0 Å². The van der Waals surface area contributed by atoms with E-state index in [1.54, 1.807) is 12.4 Å². The van der Waals surface area contributed by atoms with Crippen molar-refractivity contribution in [3.63, 3.8) is 0 Å². The van der Waals surface area contributed by atoms with Crippen molar-refractivity contribution in [2.75, 3.05) is 13.1 Å². The van der Waals surface area contributed by atoms with Gasteiger partial charge in [0.15, 0.2) is 0 Å². The molecule has 0 saturated carbocycles. The van der Waals surface area contributed by atoms with Crippen LogP contribution < -0.4 is 5.32 Å². The van der Waals surface area contributed by atoms with Gasteiger partial charge in [-0.15, -0.1) is 0 Å². The normalized spacial score (nSPS) is 18.5. The summed E-state index contributed by atoms with van der Waals surface area (Å²) in [6, 6.07) is 5.45. The molecule has 3 rings (SSSR count). The highest BCUT2D eigenvalue weighted by Crippen LogP contribution is 2.22. The molecule has 128 valence electrons. The van der Waals surface area contributed by atoms with Gasteiger partial charge in [-0.05, 0) is 50.0 Å². The fraction of sp³-hybridized carbons (Fsp3) is 0.444. The summed E-state index contributed by atoms with van der Waals surface area (Å²) in [5.74, 6) is -0.373. The minimum Gasteiger partial charge on any atom is -0.317 e. The molecule has 24 heavy (non-hydrogen) atoms. The van der Waals surface area contributed by atoms with Crippen molar-refractivity contribution in [1.29, 1.82) is 0 Å². The van der Waals surface area contributed by atoms with E-state index in [4.69, 9.17) is 11.6 Å². The molecule has 0 unspecified atom stereocenters. The summed E-state index contributed by atoms with van der Waals surface area (Å²) in [6.45, 7) is 3.61. The van der Waals surface area contributed by atoms with E-state index >= 15 is 0 Å². The number of aromatic nitrogens is 2. The van der Waals surface area contributed by atoms with Crippen LogP contribution in [0, 0.1) is 5.82 Å². The Morgan fingerprint density at radius 3 is 2.71 bits per heavy atom. The number of hydrogen-bond donors (Lipinski definition) is 1. The quantitative estimate of drug-likeness (QED) is 0.899. The monoisotopic (exact) mass is 348 g/mol. The van der Waals surface area contributed by atoms with E-state index in [-0.39, 0.29) is 10.8 Å². The molecule has 2 heterocycles. The Morgan fingerprint density at radius 1 is 1.12 bits per heavy atom. The first kappa shape index (κ1) is 17.3. The van der Waals surface area contributed by atoms with Gasteiger partial charge in [0.1, 0.15) is 12.1 Å². The molecule has 4 nitrogen and oxygen atoms in total. The molecule has 0 spiro atoms. The molecule has 1 aromatic carbocycles. The van der Waals surface area contributed by atoms with Gasteiger partial charge >= 0.3 is 0 Å². The van der Waals surface area contributed by atoms with Crippen LogP contribution in [0.25, 0.3) is 0 Å². The second-order valence-corrected chi connectivity index (χ2v) is 6.64. The van der Waals surface area contributed by atoms with E-state index in [9.17, 15) is 4.39 Å². The largest absolute Gasteiger partial charge is 0.317 e. The molecule has 1 aromatic heterocycles. The Balaban J connectivity index is 1.78. The standard InChI is InChI=1S/C18H22ClFN4/c19-17-8-14(3-4-18(17)20)11-24(12-15-9-22-13-23-10-15)16-2-1-6-21-7-5-16/h3-4,8-10,13,16,21H,1-2,5-7,11-12H2/t16-/m1/s1. The molecular weight excluding hydrogens is 327 g/mol. The van der Waals surface area contributed by atoms with Crippen LogP contribution in [-0.2, 0) is 13.1 Å². The minimum absolute atomic E-state index is 0.179. The highest BCUT2D eigenvalue weighted by Gasteiger charge is 2.21. The van der Waals surface area contributed by atoms with Crippen LogP contribution in [0.4, 0.5) is 4.39 Å². The average Bonchev–Trinajstić information content (AvgIpc) is 2.88. The summed E-state index contributed by atoms with van der Waals surface area (Å²) in [7, 11) is 0. The number of benzene rings is 1. The molecular formula is C18H22ClFN4. The maximum Gasteiger partial charge on any atom is 0.141 e. The van der Waals surface area contributed by atoms with Gasteiger partial charge in [-0.25, -0.2) is 14.4 Å². The van der Waals surface area contributed by atoms with E-state index in [1.165, 1.54) is 6.07 Å². The van der Waals surface area contributed by atoms with Crippen LogP contribution in [-0.4, -0.2) is 34.0 Å². The summed E-state index contributed by atoms with van der Waals surface area (Å²) in [4.78, 5) is 10.7. The second-order valence-electron chi connectivity index (χ2n) is 6.23. The molecule has 1 fully saturated rings. The van der Waals surface area contributed by atoms with Crippen molar-refractivity contribution in [3.05, 3.63) is 58.9 Å². The summed E-state index contributed by atoms with van der Waals surface area (Å²) < 4.78 is 13.4. The maximum absolute atomic E-state index is 13.4. The Hall–Kier alpha value is -1.56. The lowest BCUT2D eigenvalue weighted by Gasteiger charge is -2.31. The summed E-state index contributed by atoms with van der Waals surface area (Å²) in [5, 5.41) is 3.63. The molecule has 1 atom stereocenters. The molecule has 0 bridgehead atoms. The molecule has 0 amide bonds. The summed E-state index contributed by atoms with van der Waals surface area (Å²) in [5.41, 5.74) is 2.11. The fourth-order valence-corrected chi connectivity index (χ4v) is 3.40. The second kappa shape index (κ2) is 8.51. The lowest BCUT2D eigenvalue weighted by Crippen LogP contribution is -2.35. The van der Waals surface area contributed by atoms with Crippen molar-refractivity contribution in [1.82, 2.24) is 20.2 Å². The molecule has 6 heteroatoms. The fourth-order valence-electron chi connectivity index (χ4n) is 3.20. The molecule has 1 aliphatic heterocycles. The van der Waals surface area contributed by atoms with Gasteiger partial charge in [-0.1, -0.05) is 17.7 Å². The zero-order valence-corrected chi connectivity index (χ0v) is 14.3. The van der Waals surface area contributed by atoms with Crippen LogP contribution in [0.2, 0.25) is 5.02 Å². The topological polar surface area (TPSA) is 41.1 Å². The van der Waals surface area contributed by atoms with Crippen LogP contribution in [0.1, 0.15) is 30.4 Å². The third-order valence-corrected chi connectivity index (χ3v) is 4.72. The molecule has 0 radical (unpaired) electrons. The van der Waals surface area contributed by atoms with Gasteiger partial charge < -0.3 is 5.32 Å². The molecule has 1 aliphatic rings. The smallest absolute Gasteiger partial charge is 0.141 e. The lowest BCUT2D eigenvalue weighted by atomic mass is 10.1. The number of hydrogen-bond acceptors (Lipinski definition) is 4. The van der Waals surface area contributed by atoms with E-state index < -0.39 is 0 Å². The van der Waals surface area contributed by atoms with Crippen molar-refractivity contribution < 1.29 is 4.39 Å². The maximum atomic E-state index is 13.4. The van der Waals surface area contributed by atoms with Crippen LogP contribution in [0.5, 0.6) is 0 Å². The van der Waals surface area contributed by atoms with Gasteiger partial charge in [0.05, 0.1) is 5.02 Å². The van der Waals surface area contributed by atoms with E-state index in [1.807, 2.05) is 18.5 Å². The van der Waals surface area contributed by atoms with Crippen molar-refractivity contribution in [2.45, 2.75) is 38.4 Å². The zero-order valence-electron chi connectivity index (χ0n) is 13.6. The first-order valence-corrected chi connectivity index (χ1v) is 8.73. The number of nitrogens with one attached hydrogen (secondary N) is 1. The predicted molar refractivity (Wildman–Crippen MR) is 93.2 cm³/mol. The van der Waals surface area contributed by atoms with E-state index in [2.05, 4.69) is 20.2 Å². The molecule has 1 N–H and O–H groups in total.